The van der Waals surface area contributed by atoms with Gasteiger partial charge in [0.1, 0.15) is 9.90 Å². The van der Waals surface area contributed by atoms with Crippen molar-refractivity contribution in [1.29, 1.82) is 0 Å². The lowest BCUT2D eigenvalue weighted by Gasteiger charge is -2.10. The predicted octanol–water partition coefficient (Wildman–Crippen LogP) is 4.46. The lowest BCUT2D eigenvalue weighted by atomic mass is 10.2. The van der Waals surface area contributed by atoms with Crippen molar-refractivity contribution in [2.75, 3.05) is 10.0 Å². The zero-order chi connectivity index (χ0) is 20.3. The van der Waals surface area contributed by atoms with Gasteiger partial charge in [-0.05, 0) is 48.9 Å². The average Bonchev–Trinajstić information content (AvgIpc) is 3.11. The van der Waals surface area contributed by atoms with E-state index >= 15 is 0 Å². The van der Waals surface area contributed by atoms with Gasteiger partial charge in [-0.1, -0.05) is 41.5 Å². The molecule has 11 heteroatoms. The van der Waals surface area contributed by atoms with E-state index in [0.29, 0.717) is 10.7 Å². The zero-order valence-electron chi connectivity index (χ0n) is 14.4. The van der Waals surface area contributed by atoms with Crippen molar-refractivity contribution in [2.24, 2.45) is 0 Å². The van der Waals surface area contributed by atoms with Gasteiger partial charge in [0.05, 0.1) is 5.02 Å². The van der Waals surface area contributed by atoms with Crippen molar-refractivity contribution in [3.05, 3.63) is 63.1 Å². The molecule has 0 saturated heterocycles. The van der Waals surface area contributed by atoms with Crippen LogP contribution in [0.25, 0.3) is 0 Å². The normalized spacial score (nSPS) is 11.2. The Morgan fingerprint density at radius 1 is 1.11 bits per heavy atom. The first-order valence-corrected chi connectivity index (χ1v) is 11.1. The van der Waals surface area contributed by atoms with Crippen LogP contribution in [0.5, 0.6) is 0 Å². The summed E-state index contributed by atoms with van der Waals surface area (Å²) in [6.07, 6.45) is 0.735. The van der Waals surface area contributed by atoms with Gasteiger partial charge in [0.25, 0.3) is 15.9 Å². The quantitative estimate of drug-likeness (QED) is 0.569. The Kier molecular flexibility index (Phi) is 6.19. The second kappa shape index (κ2) is 8.44. The molecule has 0 fully saturated rings. The second-order valence-electron chi connectivity index (χ2n) is 5.57. The van der Waals surface area contributed by atoms with E-state index in [1.54, 1.807) is 0 Å². The largest absolute Gasteiger partial charge is 0.296 e. The maximum atomic E-state index is 12.5. The number of aromatic nitrogens is 2. The molecule has 0 spiro atoms. The molecule has 3 aromatic rings. The summed E-state index contributed by atoms with van der Waals surface area (Å²) in [4.78, 5) is 12.1. The molecule has 2 N–H and O–H groups in total. The SMILES string of the molecule is CCc1nnc(NC(=O)c2ccc(NS(=O)(=O)c3cc(Cl)ccc3Cl)cc2)s1. The summed E-state index contributed by atoms with van der Waals surface area (Å²) in [5.74, 6) is -0.369. The fourth-order valence-electron chi connectivity index (χ4n) is 2.20. The van der Waals surface area contributed by atoms with Crippen LogP contribution in [0, 0.1) is 0 Å². The number of nitrogens with zero attached hydrogens (tertiary/aromatic N) is 2. The first-order chi connectivity index (χ1) is 13.3. The van der Waals surface area contributed by atoms with Gasteiger partial charge in [-0.15, -0.1) is 10.2 Å². The molecule has 0 aliphatic heterocycles. The van der Waals surface area contributed by atoms with E-state index in [0.717, 1.165) is 11.4 Å². The first-order valence-electron chi connectivity index (χ1n) is 8.00. The Bertz CT molecular complexity index is 1120. The van der Waals surface area contributed by atoms with Crippen LogP contribution in [0.15, 0.2) is 47.4 Å². The molecule has 1 heterocycles. The van der Waals surface area contributed by atoms with Crippen molar-refractivity contribution in [3.63, 3.8) is 0 Å². The Labute approximate surface area is 175 Å². The summed E-state index contributed by atoms with van der Waals surface area (Å²) in [6.45, 7) is 1.95. The van der Waals surface area contributed by atoms with E-state index in [4.69, 9.17) is 23.2 Å². The maximum absolute atomic E-state index is 12.5. The van der Waals surface area contributed by atoms with Crippen molar-refractivity contribution >= 4 is 61.3 Å². The van der Waals surface area contributed by atoms with E-state index in [1.165, 1.54) is 53.8 Å². The van der Waals surface area contributed by atoms with Gasteiger partial charge in [-0.2, -0.15) is 0 Å². The van der Waals surface area contributed by atoms with E-state index in [1.807, 2.05) is 6.92 Å². The molecule has 28 heavy (non-hydrogen) atoms. The molecule has 0 radical (unpaired) electrons. The number of rotatable bonds is 6. The van der Waals surface area contributed by atoms with Crippen LogP contribution >= 0.6 is 34.5 Å². The third kappa shape index (κ3) is 4.79. The molecule has 146 valence electrons. The first kappa shape index (κ1) is 20.5. The van der Waals surface area contributed by atoms with Gasteiger partial charge in [-0.25, -0.2) is 8.42 Å². The molecule has 0 unspecified atom stereocenters. The highest BCUT2D eigenvalue weighted by Crippen LogP contribution is 2.27. The molecule has 3 rings (SSSR count). The molecule has 0 atom stereocenters. The summed E-state index contributed by atoms with van der Waals surface area (Å²) in [5, 5.41) is 12.0. The second-order valence-corrected chi connectivity index (χ2v) is 9.12. The van der Waals surface area contributed by atoms with Crippen LogP contribution < -0.4 is 10.0 Å². The van der Waals surface area contributed by atoms with Crippen molar-refractivity contribution in [3.8, 4) is 0 Å². The third-order valence-corrected chi connectivity index (χ3v) is 6.65. The Morgan fingerprint density at radius 2 is 1.82 bits per heavy atom. The topological polar surface area (TPSA) is 101 Å². The van der Waals surface area contributed by atoms with Crippen molar-refractivity contribution in [1.82, 2.24) is 10.2 Å². The summed E-state index contributed by atoms with van der Waals surface area (Å²) in [6, 6.07) is 10.1. The molecule has 7 nitrogen and oxygen atoms in total. The molecule has 0 aliphatic rings. The van der Waals surface area contributed by atoms with Crippen LogP contribution in [-0.4, -0.2) is 24.5 Å². The highest BCUT2D eigenvalue weighted by molar-refractivity contribution is 7.92. The molecular formula is C17H14Cl2N4O3S2. The standard InChI is InChI=1S/C17H14Cl2N4O3S2/c1-2-15-21-22-17(27-15)20-16(24)10-3-6-12(7-4-10)23-28(25,26)14-9-11(18)5-8-13(14)19/h3-9,23H,2H2,1H3,(H,20,22,24). The van der Waals surface area contributed by atoms with E-state index < -0.39 is 10.0 Å². The molecule has 1 amide bonds. The number of aryl methyl sites for hydroxylation is 1. The summed E-state index contributed by atoms with van der Waals surface area (Å²) in [5.41, 5.74) is 0.619. The molecule has 0 saturated carbocycles. The minimum absolute atomic E-state index is 0.0522. The number of nitrogens with one attached hydrogen (secondary N) is 2. The summed E-state index contributed by atoms with van der Waals surface area (Å²) < 4.78 is 27.4. The number of carbonyl (C=O) groups is 1. The number of carbonyl (C=O) groups excluding carboxylic acids is 1. The fourth-order valence-corrected chi connectivity index (χ4v) is 4.70. The summed E-state index contributed by atoms with van der Waals surface area (Å²) >= 11 is 13.1. The number of sulfonamides is 1. The number of benzene rings is 2. The molecule has 0 aliphatic carbocycles. The van der Waals surface area contributed by atoms with Gasteiger partial charge in [0.2, 0.25) is 5.13 Å². The summed E-state index contributed by atoms with van der Waals surface area (Å²) in [7, 11) is -3.93. The zero-order valence-corrected chi connectivity index (χ0v) is 17.6. The van der Waals surface area contributed by atoms with Crippen molar-refractivity contribution < 1.29 is 13.2 Å². The van der Waals surface area contributed by atoms with Crippen LogP contribution in [-0.2, 0) is 16.4 Å². The van der Waals surface area contributed by atoms with Crippen LogP contribution in [0.4, 0.5) is 10.8 Å². The monoisotopic (exact) mass is 456 g/mol. The lowest BCUT2D eigenvalue weighted by molar-refractivity contribution is 0.102. The van der Waals surface area contributed by atoms with Gasteiger partial charge >= 0.3 is 0 Å². The molecule has 0 bridgehead atoms. The number of hydrogen-bond donors (Lipinski definition) is 2. The minimum atomic E-state index is -3.93. The van der Waals surface area contributed by atoms with Gasteiger partial charge < -0.3 is 0 Å². The van der Waals surface area contributed by atoms with Gasteiger partial charge in [0.15, 0.2) is 0 Å². The number of hydrogen-bond acceptors (Lipinski definition) is 6. The van der Waals surface area contributed by atoms with E-state index in [-0.39, 0.29) is 26.5 Å². The smallest absolute Gasteiger partial charge is 0.263 e. The molecule has 2 aromatic carbocycles. The van der Waals surface area contributed by atoms with Crippen molar-refractivity contribution in [2.45, 2.75) is 18.2 Å². The Morgan fingerprint density at radius 3 is 2.46 bits per heavy atom. The highest BCUT2D eigenvalue weighted by atomic mass is 35.5. The highest BCUT2D eigenvalue weighted by Gasteiger charge is 2.19. The molecule has 1 aromatic heterocycles. The van der Waals surface area contributed by atoms with Crippen LogP contribution in [0.1, 0.15) is 22.3 Å². The lowest BCUT2D eigenvalue weighted by Crippen LogP contribution is -2.14. The van der Waals surface area contributed by atoms with Gasteiger partial charge in [-0.3, -0.25) is 14.8 Å². The maximum Gasteiger partial charge on any atom is 0.263 e. The number of anilines is 2. The Balaban J connectivity index is 1.73. The minimum Gasteiger partial charge on any atom is -0.296 e. The van der Waals surface area contributed by atoms with Crippen LogP contribution in [0.3, 0.4) is 0 Å². The van der Waals surface area contributed by atoms with E-state index in [9.17, 15) is 13.2 Å². The third-order valence-electron chi connectivity index (χ3n) is 3.57. The fraction of sp³-hybridized carbons (Fsp3) is 0.118. The van der Waals surface area contributed by atoms with Crippen LogP contribution in [0.2, 0.25) is 10.0 Å². The van der Waals surface area contributed by atoms with E-state index in [2.05, 4.69) is 20.2 Å². The molecular weight excluding hydrogens is 443 g/mol. The Hall–Kier alpha value is -2.20. The predicted molar refractivity (Wildman–Crippen MR) is 111 cm³/mol. The number of halogens is 2. The van der Waals surface area contributed by atoms with Gasteiger partial charge in [0, 0.05) is 16.3 Å². The average molecular weight is 457 g/mol. The number of amides is 1.